The molecule has 0 aromatic rings. The zero-order chi connectivity index (χ0) is 10.8. The Morgan fingerprint density at radius 1 is 1.33 bits per heavy atom. The average Bonchev–Trinajstić information content (AvgIpc) is 2.67. The van der Waals surface area contributed by atoms with E-state index in [-0.39, 0.29) is 0 Å². The molecule has 2 aliphatic heterocycles. The van der Waals surface area contributed by atoms with Crippen LogP contribution in [0.5, 0.6) is 0 Å². The largest absolute Gasteiger partial charge is 0.339 e. The van der Waals surface area contributed by atoms with Crippen LogP contribution in [0.1, 0.15) is 20.3 Å². The van der Waals surface area contributed by atoms with Gasteiger partial charge in [-0.15, -0.1) is 0 Å². The van der Waals surface area contributed by atoms with Crippen LogP contribution in [0, 0.1) is 5.92 Å². The number of piperazine rings is 1. The lowest BCUT2D eigenvalue weighted by molar-refractivity contribution is -0.136. The summed E-state index contributed by atoms with van der Waals surface area (Å²) >= 11 is 1.91. The number of hydrogen-bond donors (Lipinski definition) is 1. The highest BCUT2D eigenvalue weighted by Crippen LogP contribution is 2.25. The first-order valence-corrected chi connectivity index (χ1v) is 6.95. The van der Waals surface area contributed by atoms with Crippen molar-refractivity contribution in [2.75, 3.05) is 24.6 Å². The summed E-state index contributed by atoms with van der Waals surface area (Å²) in [5, 5.41) is 3.46. The minimum atomic E-state index is 0.299. The fourth-order valence-electron chi connectivity index (χ4n) is 2.49. The zero-order valence-electron chi connectivity index (χ0n) is 9.53. The second-order valence-corrected chi connectivity index (χ2v) is 5.92. The molecule has 1 amide bonds. The smallest absolute Gasteiger partial charge is 0.226 e. The Balaban J connectivity index is 1.93. The molecule has 0 bridgehead atoms. The van der Waals surface area contributed by atoms with Crippen LogP contribution in [-0.2, 0) is 4.79 Å². The Labute approximate surface area is 96.0 Å². The van der Waals surface area contributed by atoms with Crippen LogP contribution in [0.4, 0.5) is 0 Å². The molecule has 0 spiro atoms. The van der Waals surface area contributed by atoms with E-state index in [1.54, 1.807) is 0 Å². The van der Waals surface area contributed by atoms with Crippen molar-refractivity contribution in [2.45, 2.75) is 32.4 Å². The molecule has 86 valence electrons. The van der Waals surface area contributed by atoms with Crippen molar-refractivity contribution in [1.82, 2.24) is 10.2 Å². The molecule has 0 aliphatic carbocycles. The lowest BCUT2D eigenvalue weighted by Crippen LogP contribution is -2.56. The van der Waals surface area contributed by atoms with Crippen molar-refractivity contribution in [3.63, 3.8) is 0 Å². The van der Waals surface area contributed by atoms with Gasteiger partial charge in [0.2, 0.25) is 5.91 Å². The van der Waals surface area contributed by atoms with E-state index in [4.69, 9.17) is 0 Å². The van der Waals surface area contributed by atoms with E-state index in [1.165, 1.54) is 0 Å². The highest BCUT2D eigenvalue weighted by atomic mass is 32.2. The normalized spacial score (nSPS) is 36.9. The molecule has 0 aromatic heterocycles. The van der Waals surface area contributed by atoms with Gasteiger partial charge in [-0.3, -0.25) is 4.79 Å². The number of nitrogens with one attached hydrogen (secondary N) is 1. The Morgan fingerprint density at radius 2 is 2.00 bits per heavy atom. The van der Waals surface area contributed by atoms with Gasteiger partial charge < -0.3 is 10.2 Å². The summed E-state index contributed by atoms with van der Waals surface area (Å²) in [5.74, 6) is 2.88. The SMILES string of the molecule is CC1CN(C(=O)C2CCSC2)CC(C)N1. The van der Waals surface area contributed by atoms with Gasteiger partial charge in [-0.25, -0.2) is 0 Å². The van der Waals surface area contributed by atoms with Crippen molar-refractivity contribution >= 4 is 17.7 Å². The van der Waals surface area contributed by atoms with Crippen molar-refractivity contribution in [3.8, 4) is 0 Å². The van der Waals surface area contributed by atoms with Crippen molar-refractivity contribution in [2.24, 2.45) is 5.92 Å². The summed E-state index contributed by atoms with van der Waals surface area (Å²) in [6.07, 6.45) is 1.08. The first kappa shape index (κ1) is 11.3. The van der Waals surface area contributed by atoms with Gasteiger partial charge in [-0.2, -0.15) is 11.8 Å². The molecular weight excluding hydrogens is 208 g/mol. The van der Waals surface area contributed by atoms with E-state index >= 15 is 0 Å². The fourth-order valence-corrected chi connectivity index (χ4v) is 3.71. The Hall–Kier alpha value is -0.220. The topological polar surface area (TPSA) is 32.3 Å². The summed E-state index contributed by atoms with van der Waals surface area (Å²) in [7, 11) is 0. The highest BCUT2D eigenvalue weighted by molar-refractivity contribution is 7.99. The Morgan fingerprint density at radius 3 is 2.53 bits per heavy atom. The van der Waals surface area contributed by atoms with Gasteiger partial charge in [0.15, 0.2) is 0 Å². The number of thioether (sulfide) groups is 1. The summed E-state index contributed by atoms with van der Waals surface area (Å²) < 4.78 is 0. The number of rotatable bonds is 1. The van der Waals surface area contributed by atoms with E-state index in [0.29, 0.717) is 23.9 Å². The molecule has 3 nitrogen and oxygen atoms in total. The van der Waals surface area contributed by atoms with Crippen molar-refractivity contribution < 1.29 is 4.79 Å². The van der Waals surface area contributed by atoms with Crippen LogP contribution < -0.4 is 5.32 Å². The molecule has 0 radical (unpaired) electrons. The number of nitrogens with zero attached hydrogens (tertiary/aromatic N) is 1. The Bertz CT molecular complexity index is 231. The van der Waals surface area contributed by atoms with Crippen LogP contribution in [0.3, 0.4) is 0 Å². The van der Waals surface area contributed by atoms with Gasteiger partial charge >= 0.3 is 0 Å². The molecule has 0 saturated carbocycles. The van der Waals surface area contributed by atoms with Gasteiger partial charge in [-0.05, 0) is 26.0 Å². The monoisotopic (exact) mass is 228 g/mol. The third-order valence-electron chi connectivity index (χ3n) is 3.15. The molecule has 2 heterocycles. The quantitative estimate of drug-likeness (QED) is 0.725. The predicted octanol–water partition coefficient (Wildman–Crippen LogP) is 0.948. The van der Waals surface area contributed by atoms with E-state index in [0.717, 1.165) is 31.0 Å². The molecule has 15 heavy (non-hydrogen) atoms. The van der Waals surface area contributed by atoms with E-state index in [2.05, 4.69) is 24.1 Å². The summed E-state index contributed by atoms with van der Waals surface area (Å²) in [6.45, 7) is 6.06. The third kappa shape index (κ3) is 2.67. The molecule has 2 rings (SSSR count). The lowest BCUT2D eigenvalue weighted by Gasteiger charge is -2.37. The maximum atomic E-state index is 12.2. The van der Waals surface area contributed by atoms with Gasteiger partial charge in [0, 0.05) is 36.8 Å². The summed E-state index contributed by atoms with van der Waals surface area (Å²) in [5.41, 5.74) is 0. The molecule has 0 aromatic carbocycles. The van der Waals surface area contributed by atoms with Crippen LogP contribution in [0.25, 0.3) is 0 Å². The second kappa shape index (κ2) is 4.74. The first-order valence-electron chi connectivity index (χ1n) is 5.79. The minimum Gasteiger partial charge on any atom is -0.339 e. The average molecular weight is 228 g/mol. The van der Waals surface area contributed by atoms with Crippen LogP contribution in [-0.4, -0.2) is 47.5 Å². The van der Waals surface area contributed by atoms with Gasteiger partial charge in [0.05, 0.1) is 0 Å². The summed E-state index contributed by atoms with van der Waals surface area (Å²) in [6, 6.07) is 0.874. The van der Waals surface area contributed by atoms with E-state index in [1.807, 2.05) is 11.8 Å². The maximum Gasteiger partial charge on any atom is 0.226 e. The van der Waals surface area contributed by atoms with Gasteiger partial charge in [0.1, 0.15) is 0 Å². The molecule has 2 fully saturated rings. The van der Waals surface area contributed by atoms with E-state index < -0.39 is 0 Å². The molecular formula is C11H20N2OS. The van der Waals surface area contributed by atoms with Crippen molar-refractivity contribution in [1.29, 1.82) is 0 Å². The third-order valence-corrected chi connectivity index (χ3v) is 4.31. The predicted molar refractivity (Wildman–Crippen MR) is 64.1 cm³/mol. The highest BCUT2D eigenvalue weighted by Gasteiger charge is 2.31. The number of amides is 1. The molecule has 2 aliphatic rings. The second-order valence-electron chi connectivity index (χ2n) is 4.77. The molecule has 1 N–H and O–H groups in total. The zero-order valence-corrected chi connectivity index (χ0v) is 10.3. The Kier molecular flexibility index (Phi) is 3.57. The van der Waals surface area contributed by atoms with Crippen LogP contribution in [0.2, 0.25) is 0 Å². The van der Waals surface area contributed by atoms with Crippen molar-refractivity contribution in [3.05, 3.63) is 0 Å². The van der Waals surface area contributed by atoms with Gasteiger partial charge in [0.25, 0.3) is 0 Å². The molecule has 2 saturated heterocycles. The number of carbonyl (C=O) groups excluding carboxylic acids is 1. The first-order chi connectivity index (χ1) is 7.16. The lowest BCUT2D eigenvalue weighted by atomic mass is 10.0. The van der Waals surface area contributed by atoms with Crippen LogP contribution >= 0.6 is 11.8 Å². The molecule has 3 atom stereocenters. The minimum absolute atomic E-state index is 0.299. The molecule has 3 unspecified atom stereocenters. The standard InChI is InChI=1S/C11H20N2OS/c1-8-5-13(6-9(2)12-8)11(14)10-3-4-15-7-10/h8-10,12H,3-7H2,1-2H3. The maximum absolute atomic E-state index is 12.2. The molecule has 4 heteroatoms. The number of hydrogen-bond acceptors (Lipinski definition) is 3. The summed E-state index contributed by atoms with van der Waals surface area (Å²) in [4.78, 5) is 14.2. The van der Waals surface area contributed by atoms with Gasteiger partial charge in [-0.1, -0.05) is 0 Å². The van der Waals surface area contributed by atoms with E-state index in [9.17, 15) is 4.79 Å². The fraction of sp³-hybridized carbons (Fsp3) is 0.909. The van der Waals surface area contributed by atoms with Crippen LogP contribution in [0.15, 0.2) is 0 Å². The number of carbonyl (C=O) groups is 1.